The minimum Gasteiger partial charge on any atom is -0.464 e. The molecule has 3 aliphatic heterocycles. The van der Waals surface area contributed by atoms with Crippen molar-refractivity contribution in [3.8, 4) is 22.5 Å². The first-order valence-electron chi connectivity index (χ1n) is 23.4. The molecule has 6 bridgehead atoms. The van der Waals surface area contributed by atoms with Gasteiger partial charge in [-0.15, -0.1) is 11.3 Å². The molecule has 4 aromatic rings. The fraction of sp³-hybridized carbons (Fsp3) is 0.540. The molecule has 0 spiro atoms. The number of aryl methyl sites for hydroxylation is 1. The third-order valence-electron chi connectivity index (χ3n) is 13.6. The molecule has 0 radical (unpaired) electrons. The van der Waals surface area contributed by atoms with E-state index in [4.69, 9.17) is 19.4 Å². The normalized spacial score (nSPS) is 22.0. The number of urea groups is 1. The van der Waals surface area contributed by atoms with Gasteiger partial charge in [0.1, 0.15) is 18.1 Å². The summed E-state index contributed by atoms with van der Waals surface area (Å²) in [6.07, 6.45) is 4.44. The first kappa shape index (κ1) is 49.3. The maximum absolute atomic E-state index is 14.7. The predicted octanol–water partition coefficient (Wildman–Crippen LogP) is 6.24. The smallest absolute Gasteiger partial charge is 0.324 e. The monoisotopic (exact) mass is 937 g/mol. The first-order chi connectivity index (χ1) is 31.9. The molecule has 2 N–H and O–H groups in total. The van der Waals surface area contributed by atoms with Gasteiger partial charge in [-0.1, -0.05) is 47.3 Å². The molecule has 6 atom stereocenters. The number of likely N-dealkylation sites (tertiary alicyclic amines) is 1. The maximum Gasteiger partial charge on any atom is 0.324 e. The highest BCUT2D eigenvalue weighted by atomic mass is 32.1. The Hall–Kier alpha value is -5.65. The number of ether oxygens (including phenoxy) is 2. The Bertz CT molecular complexity index is 2520. The summed E-state index contributed by atoms with van der Waals surface area (Å²) in [6, 6.07) is 6.91. The SMILES string of the molecule is C=CC(=O)N1C[C@@H](N(C)C(=O)N(C)[C@H](C(=O)N[C@H]2Cc3nc(cs3)-c3ccc4c(c3)c(c(-c3cccnc3[C@H](C)OC)n4CC)CC(C)(C)COC(=O)[C@@H]3CCCN(N3)C2=O)C(C)C)[C@@H](C)C1. The number of esters is 1. The van der Waals surface area contributed by atoms with Crippen molar-refractivity contribution in [2.75, 3.05) is 47.4 Å². The van der Waals surface area contributed by atoms with Crippen molar-refractivity contribution in [2.24, 2.45) is 17.3 Å². The van der Waals surface area contributed by atoms with Gasteiger partial charge in [0.05, 0.1) is 40.8 Å². The highest BCUT2D eigenvalue weighted by Crippen LogP contribution is 2.42. The van der Waals surface area contributed by atoms with Gasteiger partial charge in [-0.25, -0.2) is 15.2 Å². The number of carbonyl (C=O) groups is 5. The number of nitrogens with zero attached hydrogens (tertiary/aromatic N) is 7. The predicted molar refractivity (Wildman–Crippen MR) is 259 cm³/mol. The summed E-state index contributed by atoms with van der Waals surface area (Å²) < 4.78 is 14.2. The number of pyridine rings is 1. The van der Waals surface area contributed by atoms with E-state index in [-0.39, 0.29) is 48.9 Å². The van der Waals surface area contributed by atoms with Crippen LogP contribution in [0.3, 0.4) is 0 Å². The van der Waals surface area contributed by atoms with E-state index in [1.807, 2.05) is 39.1 Å². The lowest BCUT2D eigenvalue weighted by molar-refractivity contribution is -0.155. The van der Waals surface area contributed by atoms with Gasteiger partial charge in [0.15, 0.2) is 0 Å². The van der Waals surface area contributed by atoms with Crippen LogP contribution in [-0.4, -0.2) is 136 Å². The lowest BCUT2D eigenvalue weighted by atomic mass is 9.84. The van der Waals surface area contributed by atoms with E-state index in [9.17, 15) is 24.0 Å². The molecule has 2 saturated heterocycles. The molecule has 0 aliphatic carbocycles. The molecule has 0 saturated carbocycles. The quantitative estimate of drug-likeness (QED) is 0.137. The highest BCUT2D eigenvalue weighted by Gasteiger charge is 2.41. The zero-order chi connectivity index (χ0) is 48.5. The fourth-order valence-electron chi connectivity index (χ4n) is 10.0. The van der Waals surface area contributed by atoms with E-state index in [0.29, 0.717) is 50.4 Å². The number of methoxy groups -OCH3 is 1. The van der Waals surface area contributed by atoms with E-state index in [1.165, 1.54) is 27.3 Å². The number of amides is 5. The number of carbonyl (C=O) groups excluding carboxylic acids is 5. The van der Waals surface area contributed by atoms with Crippen LogP contribution in [0.2, 0.25) is 0 Å². The molecule has 6 heterocycles. The van der Waals surface area contributed by atoms with Gasteiger partial charge in [-0.2, -0.15) is 0 Å². The number of likely N-dealkylation sites (N-methyl/N-ethyl adjacent to an activating group) is 2. The lowest BCUT2D eigenvalue weighted by Gasteiger charge is -2.38. The van der Waals surface area contributed by atoms with E-state index in [1.54, 1.807) is 37.2 Å². The van der Waals surface area contributed by atoms with Crippen LogP contribution in [0, 0.1) is 17.3 Å². The first-order valence-corrected chi connectivity index (χ1v) is 24.3. The minimum absolute atomic E-state index is 0.000812. The standard InChI is InChI=1S/C50H67N9O7S/c1-12-42(60)57-25-30(5)40(26-57)55(9)49(64)56(10)44(29(3)4)46(61)53-37-23-41-52-38(27-67-41)32-18-19-39-34(22-32)35(45(58(39)13-2)33-16-14-20-51-43(33)31(6)65-11)24-50(7,8)28-66-48(63)36-17-15-21-59(54-36)47(37)62/h12,14,16,18-20,22,27,29-31,36-37,40,44,54H,1,13,15,17,21,23-26,28H2,2-11H3,(H,53,61)/t30-,31-,36-,37-,40+,44-/m0/s1. The molecular formula is C50H67N9O7S. The molecule has 67 heavy (non-hydrogen) atoms. The molecule has 2 fully saturated rings. The molecule has 0 unspecified atom stereocenters. The number of fused-ring (bicyclic) bond motifs is 6. The molecule has 1 aromatic carbocycles. The second-order valence-electron chi connectivity index (χ2n) is 19.5. The number of rotatable bonds is 10. The van der Waals surface area contributed by atoms with Crippen molar-refractivity contribution in [3.05, 3.63) is 70.8 Å². The zero-order valence-electron chi connectivity index (χ0n) is 40.6. The summed E-state index contributed by atoms with van der Waals surface area (Å²) in [5, 5.41) is 8.10. The van der Waals surface area contributed by atoms with Crippen LogP contribution in [0.4, 0.5) is 4.79 Å². The van der Waals surface area contributed by atoms with E-state index >= 15 is 0 Å². The van der Waals surface area contributed by atoms with Crippen LogP contribution in [0.15, 0.2) is 54.6 Å². The third kappa shape index (κ3) is 10.1. The molecule has 17 heteroatoms. The second kappa shape index (κ2) is 20.3. The number of nitrogens with one attached hydrogen (secondary N) is 2. The summed E-state index contributed by atoms with van der Waals surface area (Å²) in [6.45, 7) is 19.6. The maximum atomic E-state index is 14.7. The van der Waals surface area contributed by atoms with Crippen LogP contribution >= 0.6 is 11.3 Å². The Balaban J connectivity index is 1.25. The average Bonchev–Trinajstić information content (AvgIpc) is 4.04. The van der Waals surface area contributed by atoms with Gasteiger partial charge >= 0.3 is 12.0 Å². The van der Waals surface area contributed by atoms with Gasteiger partial charge in [0, 0.05) is 92.8 Å². The highest BCUT2D eigenvalue weighted by molar-refractivity contribution is 7.10. The number of hydrogen-bond acceptors (Lipinski definition) is 11. The third-order valence-corrected chi connectivity index (χ3v) is 14.5. The second-order valence-corrected chi connectivity index (χ2v) is 20.4. The van der Waals surface area contributed by atoms with E-state index < -0.39 is 41.3 Å². The summed E-state index contributed by atoms with van der Waals surface area (Å²) in [7, 11) is 4.96. The van der Waals surface area contributed by atoms with Crippen molar-refractivity contribution >= 4 is 52.0 Å². The largest absolute Gasteiger partial charge is 0.464 e. The topological polar surface area (TPSA) is 172 Å². The van der Waals surface area contributed by atoms with Gasteiger partial charge in [-0.3, -0.25) is 29.2 Å². The Kier molecular flexibility index (Phi) is 14.9. The Morgan fingerprint density at radius 2 is 1.91 bits per heavy atom. The molecule has 3 aromatic heterocycles. The van der Waals surface area contributed by atoms with Crippen molar-refractivity contribution in [3.63, 3.8) is 0 Å². The Morgan fingerprint density at radius 3 is 2.61 bits per heavy atom. The molecule has 7 rings (SSSR count). The van der Waals surface area contributed by atoms with Crippen LogP contribution in [0.5, 0.6) is 0 Å². The van der Waals surface area contributed by atoms with Crippen molar-refractivity contribution in [1.82, 2.24) is 45.0 Å². The molecule has 360 valence electrons. The van der Waals surface area contributed by atoms with Crippen molar-refractivity contribution < 1.29 is 33.4 Å². The average molecular weight is 938 g/mol. The van der Waals surface area contributed by atoms with Crippen LogP contribution < -0.4 is 10.7 Å². The molecule has 5 amide bonds. The van der Waals surface area contributed by atoms with Crippen molar-refractivity contribution in [1.29, 1.82) is 0 Å². The molecular weight excluding hydrogens is 871 g/mol. The lowest BCUT2D eigenvalue weighted by Crippen LogP contribution is -2.62. The minimum atomic E-state index is -1.10. The molecule has 16 nitrogen and oxygen atoms in total. The number of benzene rings is 1. The van der Waals surface area contributed by atoms with E-state index in [0.717, 1.165) is 44.7 Å². The van der Waals surface area contributed by atoms with Gasteiger partial charge < -0.3 is 34.1 Å². The number of hydrogen-bond donors (Lipinski definition) is 2. The zero-order valence-corrected chi connectivity index (χ0v) is 41.4. The van der Waals surface area contributed by atoms with Gasteiger partial charge in [0.25, 0.3) is 5.91 Å². The molecule has 3 aliphatic rings. The fourth-order valence-corrected chi connectivity index (χ4v) is 10.9. The Labute approximate surface area is 398 Å². The van der Waals surface area contributed by atoms with Gasteiger partial charge in [0.2, 0.25) is 11.8 Å². The number of aromatic nitrogens is 3. The summed E-state index contributed by atoms with van der Waals surface area (Å²) in [5.74, 6) is -1.92. The van der Waals surface area contributed by atoms with Crippen LogP contribution in [-0.2, 0) is 48.0 Å². The van der Waals surface area contributed by atoms with Gasteiger partial charge in [-0.05, 0) is 80.9 Å². The number of hydrazine groups is 1. The Morgan fingerprint density at radius 1 is 1.15 bits per heavy atom. The summed E-state index contributed by atoms with van der Waals surface area (Å²) in [5.41, 5.74) is 9.24. The summed E-state index contributed by atoms with van der Waals surface area (Å²) >= 11 is 1.40. The van der Waals surface area contributed by atoms with Crippen LogP contribution in [0.25, 0.3) is 33.4 Å². The number of thiazole rings is 1. The van der Waals surface area contributed by atoms with Crippen molar-refractivity contribution in [2.45, 2.75) is 111 Å². The van der Waals surface area contributed by atoms with E-state index in [2.05, 4.69) is 66.9 Å². The van der Waals surface area contributed by atoms with Crippen LogP contribution in [0.1, 0.15) is 83.7 Å². The number of cyclic esters (lactones) is 1. The summed E-state index contributed by atoms with van der Waals surface area (Å²) in [4.78, 5) is 84.3.